The van der Waals surface area contributed by atoms with E-state index in [1.54, 1.807) is 4.90 Å². The van der Waals surface area contributed by atoms with Crippen LogP contribution in [0.25, 0.3) is 5.70 Å². The van der Waals surface area contributed by atoms with Crippen molar-refractivity contribution in [3.05, 3.63) is 53.3 Å². The van der Waals surface area contributed by atoms with Gasteiger partial charge in [0.15, 0.2) is 0 Å². The molecule has 6 heteroatoms. The molecule has 1 saturated heterocycles. The average molecular weight is 426 g/mol. The molecule has 3 rings (SSSR count). The fourth-order valence-corrected chi connectivity index (χ4v) is 3.65. The van der Waals surface area contributed by atoms with Crippen molar-refractivity contribution in [2.45, 2.75) is 58.6 Å². The van der Waals surface area contributed by atoms with E-state index in [1.807, 2.05) is 39.1 Å². The Hall–Kier alpha value is -2.60. The van der Waals surface area contributed by atoms with Crippen LogP contribution in [-0.4, -0.2) is 42.5 Å². The number of allylic oxidation sites excluding steroid dienone is 3. The van der Waals surface area contributed by atoms with Crippen LogP contribution in [0.15, 0.2) is 47.2 Å². The molecule has 0 unspecified atom stereocenters. The van der Waals surface area contributed by atoms with E-state index in [9.17, 15) is 4.79 Å². The van der Waals surface area contributed by atoms with Gasteiger partial charge < -0.3 is 20.1 Å². The number of likely N-dealkylation sites (tertiary alicyclic amines) is 1. The molecule has 0 aliphatic carbocycles. The number of ether oxygens (including phenoxy) is 2. The quantitative estimate of drug-likeness (QED) is 0.728. The molecule has 31 heavy (non-hydrogen) atoms. The van der Waals surface area contributed by atoms with Crippen LogP contribution in [0, 0.1) is 5.92 Å². The highest BCUT2D eigenvalue weighted by molar-refractivity contribution is 5.83. The molecule has 2 heterocycles. The van der Waals surface area contributed by atoms with Gasteiger partial charge in [-0.15, -0.1) is 0 Å². The lowest BCUT2D eigenvalue weighted by Gasteiger charge is -2.33. The molecule has 168 valence electrons. The van der Waals surface area contributed by atoms with Crippen molar-refractivity contribution in [3.63, 3.8) is 0 Å². The monoisotopic (exact) mass is 425 g/mol. The number of hydrogen-bond donors (Lipinski definition) is 1. The van der Waals surface area contributed by atoms with Crippen molar-refractivity contribution in [2.75, 3.05) is 19.7 Å². The smallest absolute Gasteiger partial charge is 0.410 e. The van der Waals surface area contributed by atoms with Gasteiger partial charge in [-0.05, 0) is 70.1 Å². The number of benzene rings is 1. The fourth-order valence-electron chi connectivity index (χ4n) is 3.65. The molecule has 2 aliphatic rings. The Bertz CT molecular complexity index is 844. The van der Waals surface area contributed by atoms with Gasteiger partial charge in [0.2, 0.25) is 0 Å². The maximum Gasteiger partial charge on any atom is 0.410 e. The lowest BCUT2D eigenvalue weighted by atomic mass is 9.98. The van der Waals surface area contributed by atoms with Gasteiger partial charge in [0.05, 0.1) is 18.5 Å². The van der Waals surface area contributed by atoms with Gasteiger partial charge in [-0.3, -0.25) is 4.99 Å². The predicted molar refractivity (Wildman–Crippen MR) is 125 cm³/mol. The van der Waals surface area contributed by atoms with Gasteiger partial charge in [-0.2, -0.15) is 0 Å². The molecule has 0 aromatic heterocycles. The van der Waals surface area contributed by atoms with E-state index >= 15 is 0 Å². The molecular weight excluding hydrogens is 390 g/mol. The maximum atomic E-state index is 12.2. The van der Waals surface area contributed by atoms with Gasteiger partial charge in [-0.25, -0.2) is 4.79 Å². The largest absolute Gasteiger partial charge is 0.492 e. The molecule has 1 fully saturated rings. The van der Waals surface area contributed by atoms with Crippen molar-refractivity contribution in [1.82, 2.24) is 4.90 Å². The summed E-state index contributed by atoms with van der Waals surface area (Å²) in [6.45, 7) is 8.26. The molecule has 2 aliphatic heterocycles. The van der Waals surface area contributed by atoms with Gasteiger partial charge >= 0.3 is 6.09 Å². The number of carbonyl (C=O) groups is 1. The summed E-state index contributed by atoms with van der Waals surface area (Å²) in [6, 6.07) is 8.20. The molecule has 0 atom stereocenters. The van der Waals surface area contributed by atoms with Gasteiger partial charge in [0, 0.05) is 25.2 Å². The highest BCUT2D eigenvalue weighted by Crippen LogP contribution is 2.23. The highest BCUT2D eigenvalue weighted by Gasteiger charge is 2.27. The van der Waals surface area contributed by atoms with Gasteiger partial charge in [0.1, 0.15) is 11.4 Å². The summed E-state index contributed by atoms with van der Waals surface area (Å²) >= 11 is 0. The molecule has 6 nitrogen and oxygen atoms in total. The molecule has 0 saturated carbocycles. The molecule has 0 radical (unpaired) electrons. The number of aliphatic imine (C=N–C) groups is 1. The second-order valence-electron chi connectivity index (χ2n) is 9.16. The van der Waals surface area contributed by atoms with Crippen molar-refractivity contribution in [3.8, 4) is 0 Å². The third-order valence-corrected chi connectivity index (χ3v) is 5.39. The molecule has 0 spiro atoms. The highest BCUT2D eigenvalue weighted by atomic mass is 16.6. The Morgan fingerprint density at radius 2 is 1.94 bits per heavy atom. The molecule has 1 aromatic rings. The minimum atomic E-state index is -0.458. The number of hydrogen-bond acceptors (Lipinski definition) is 5. The second kappa shape index (κ2) is 10.6. The van der Waals surface area contributed by atoms with Crippen molar-refractivity contribution >= 4 is 18.0 Å². The minimum absolute atomic E-state index is 0.222. The molecule has 0 bridgehead atoms. The Kier molecular flexibility index (Phi) is 7.91. The zero-order valence-electron chi connectivity index (χ0n) is 19.0. The first-order valence-corrected chi connectivity index (χ1v) is 11.2. The van der Waals surface area contributed by atoms with E-state index in [4.69, 9.17) is 15.2 Å². The van der Waals surface area contributed by atoms with Crippen LogP contribution in [0.5, 0.6) is 0 Å². The zero-order valence-corrected chi connectivity index (χ0v) is 19.0. The van der Waals surface area contributed by atoms with E-state index in [0.717, 1.165) is 48.3 Å². The molecule has 1 amide bonds. The summed E-state index contributed by atoms with van der Waals surface area (Å²) in [4.78, 5) is 18.7. The molecule has 2 N–H and O–H groups in total. The zero-order chi connectivity index (χ0) is 22.3. The Labute approximate surface area is 185 Å². The van der Waals surface area contributed by atoms with E-state index in [-0.39, 0.29) is 6.09 Å². The fraction of sp³-hybridized carbons (Fsp3) is 0.520. The van der Waals surface area contributed by atoms with Crippen molar-refractivity contribution in [1.29, 1.82) is 0 Å². The van der Waals surface area contributed by atoms with Crippen LogP contribution in [0.2, 0.25) is 0 Å². The normalized spacial score (nSPS) is 22.4. The summed E-state index contributed by atoms with van der Waals surface area (Å²) < 4.78 is 11.6. The first-order valence-electron chi connectivity index (χ1n) is 11.2. The van der Waals surface area contributed by atoms with E-state index < -0.39 is 5.60 Å². The Morgan fingerprint density at radius 1 is 1.19 bits per heavy atom. The van der Waals surface area contributed by atoms with E-state index in [0.29, 0.717) is 32.2 Å². The van der Waals surface area contributed by atoms with Crippen LogP contribution >= 0.6 is 0 Å². The SMILES string of the molecule is CC(C)(C)OC(=O)N1CCC(COC2=C\CC\C=C(c3cccc(CN)c3)/N=C/2)CC1. The van der Waals surface area contributed by atoms with Crippen LogP contribution in [0.1, 0.15) is 57.6 Å². The summed E-state index contributed by atoms with van der Waals surface area (Å²) in [7, 11) is 0. The number of amides is 1. The number of nitrogens with two attached hydrogens (primary N) is 1. The third-order valence-electron chi connectivity index (χ3n) is 5.39. The summed E-state index contributed by atoms with van der Waals surface area (Å²) in [5, 5.41) is 0. The molecule has 1 aromatic carbocycles. The Morgan fingerprint density at radius 3 is 2.65 bits per heavy atom. The minimum Gasteiger partial charge on any atom is -0.492 e. The second-order valence-corrected chi connectivity index (χ2v) is 9.16. The lowest BCUT2D eigenvalue weighted by molar-refractivity contribution is 0.0151. The standard InChI is InChI=1S/C25H35N3O3/c1-25(2,3)31-24(29)28-13-11-19(12-14-28)18-30-22-9-4-5-10-23(27-17-22)21-8-6-7-20(15-21)16-26/h6-10,15,17,19H,4-5,11-14,16,18,26H2,1-3H3/b22-9+,23-10-,27-17+. The third kappa shape index (κ3) is 7.24. The average Bonchev–Trinajstić information content (AvgIpc) is 2.72. The topological polar surface area (TPSA) is 77.1 Å². The van der Waals surface area contributed by atoms with Crippen LogP contribution in [0.3, 0.4) is 0 Å². The van der Waals surface area contributed by atoms with Crippen LogP contribution < -0.4 is 5.73 Å². The van der Waals surface area contributed by atoms with E-state index in [1.165, 1.54) is 0 Å². The number of piperidine rings is 1. The number of rotatable bonds is 5. The van der Waals surface area contributed by atoms with E-state index in [2.05, 4.69) is 29.3 Å². The number of nitrogens with zero attached hydrogens (tertiary/aromatic N) is 2. The first-order chi connectivity index (χ1) is 14.8. The Balaban J connectivity index is 1.50. The number of carbonyl (C=O) groups excluding carboxylic acids is 1. The van der Waals surface area contributed by atoms with Crippen LogP contribution in [-0.2, 0) is 16.0 Å². The summed E-state index contributed by atoms with van der Waals surface area (Å²) in [5.74, 6) is 1.24. The van der Waals surface area contributed by atoms with Crippen molar-refractivity contribution in [2.24, 2.45) is 16.6 Å². The summed E-state index contributed by atoms with van der Waals surface area (Å²) in [5.41, 5.74) is 8.44. The predicted octanol–water partition coefficient (Wildman–Crippen LogP) is 4.90. The van der Waals surface area contributed by atoms with Crippen molar-refractivity contribution < 1.29 is 14.3 Å². The summed E-state index contributed by atoms with van der Waals surface area (Å²) in [6.07, 6.45) is 9.52. The first kappa shape index (κ1) is 23.1. The molecular formula is C25H35N3O3. The van der Waals surface area contributed by atoms with Gasteiger partial charge in [0.25, 0.3) is 0 Å². The lowest BCUT2D eigenvalue weighted by Crippen LogP contribution is -2.42. The van der Waals surface area contributed by atoms with Gasteiger partial charge in [-0.1, -0.05) is 24.3 Å². The van der Waals surface area contributed by atoms with Crippen LogP contribution in [0.4, 0.5) is 4.79 Å². The maximum absolute atomic E-state index is 12.2.